The van der Waals surface area contributed by atoms with E-state index >= 15 is 0 Å². The first kappa shape index (κ1) is 12.2. The average Bonchev–Trinajstić information content (AvgIpc) is 2.33. The van der Waals surface area contributed by atoms with Crippen molar-refractivity contribution in [3.05, 3.63) is 21.7 Å². The van der Waals surface area contributed by atoms with Gasteiger partial charge in [0, 0.05) is 0 Å². The number of aliphatic carboxylic acids is 1. The van der Waals surface area contributed by atoms with Crippen molar-refractivity contribution in [1.82, 2.24) is 0 Å². The van der Waals surface area contributed by atoms with Crippen LogP contribution in [0, 0.1) is 6.92 Å². The van der Waals surface area contributed by atoms with E-state index in [1.807, 2.05) is 0 Å². The van der Waals surface area contributed by atoms with Crippen LogP contribution in [-0.2, 0) is 4.79 Å². The molecule has 0 aliphatic carbocycles. The Hall–Kier alpha value is -1.27. The number of ether oxygens (including phenoxy) is 2. The van der Waals surface area contributed by atoms with Crippen LogP contribution in [0.5, 0.6) is 11.5 Å². The number of carboxylic acid groups (broad SMARTS) is 1. The molecule has 0 aromatic heterocycles. The smallest absolute Gasteiger partial charge is 0.325 e. The zero-order chi connectivity index (χ0) is 12.6. The lowest BCUT2D eigenvalue weighted by Crippen LogP contribution is -2.23. The normalized spacial score (nSPS) is 15.5. The van der Waals surface area contributed by atoms with Gasteiger partial charge in [-0.3, -0.25) is 4.79 Å². The predicted molar refractivity (Wildman–Crippen MR) is 64.4 cm³/mol. The van der Waals surface area contributed by atoms with E-state index < -0.39 is 12.0 Å². The fraction of sp³-hybridized carbons (Fsp3) is 0.364. The highest BCUT2D eigenvalue weighted by Gasteiger charge is 2.24. The van der Waals surface area contributed by atoms with E-state index in [4.69, 9.17) is 20.3 Å². The van der Waals surface area contributed by atoms with Crippen LogP contribution in [0.4, 0.5) is 0 Å². The largest absolute Gasteiger partial charge is 0.486 e. The Morgan fingerprint density at radius 1 is 1.53 bits per heavy atom. The van der Waals surface area contributed by atoms with E-state index in [1.165, 1.54) is 0 Å². The number of carbonyl (C=O) groups is 1. The first-order valence-electron chi connectivity index (χ1n) is 5.09. The molecule has 0 spiro atoms. The number of carboxylic acids is 1. The molecule has 17 heavy (non-hydrogen) atoms. The lowest BCUT2D eigenvalue weighted by Gasteiger charge is -2.23. The van der Waals surface area contributed by atoms with Gasteiger partial charge in [-0.15, -0.1) is 0 Å². The molecule has 1 aromatic rings. The molecule has 0 bridgehead atoms. The van der Waals surface area contributed by atoms with Gasteiger partial charge >= 0.3 is 5.97 Å². The van der Waals surface area contributed by atoms with E-state index in [0.29, 0.717) is 34.7 Å². The molecule has 1 aliphatic heterocycles. The Bertz CT molecular complexity index is 475. The van der Waals surface area contributed by atoms with E-state index in [9.17, 15) is 4.79 Å². The average molecular weight is 302 g/mol. The molecule has 0 fully saturated rings. The minimum absolute atomic E-state index is 0.449. The third-order valence-corrected chi connectivity index (χ3v) is 3.62. The van der Waals surface area contributed by atoms with Crippen molar-refractivity contribution in [3.8, 4) is 11.5 Å². The van der Waals surface area contributed by atoms with Crippen molar-refractivity contribution < 1.29 is 19.4 Å². The molecule has 1 heterocycles. The SMILES string of the molecule is Cc1c(C(N)C(=O)O)cc2c(c1Br)OCCO2. The van der Waals surface area contributed by atoms with Gasteiger partial charge in [0.2, 0.25) is 0 Å². The van der Waals surface area contributed by atoms with Crippen molar-refractivity contribution in [2.45, 2.75) is 13.0 Å². The molecule has 1 atom stereocenters. The molecular formula is C11H12BrNO4. The van der Waals surface area contributed by atoms with Crippen molar-refractivity contribution in [1.29, 1.82) is 0 Å². The number of benzene rings is 1. The first-order valence-corrected chi connectivity index (χ1v) is 5.88. The van der Waals surface area contributed by atoms with Gasteiger partial charge in [-0.25, -0.2) is 0 Å². The minimum atomic E-state index is -1.07. The number of hydrogen-bond acceptors (Lipinski definition) is 4. The molecular weight excluding hydrogens is 290 g/mol. The number of nitrogens with two attached hydrogens (primary N) is 1. The van der Waals surface area contributed by atoms with Gasteiger partial charge in [0.15, 0.2) is 11.5 Å². The Kier molecular flexibility index (Phi) is 3.26. The van der Waals surface area contributed by atoms with E-state index in [0.717, 1.165) is 5.56 Å². The Morgan fingerprint density at radius 3 is 2.82 bits per heavy atom. The van der Waals surface area contributed by atoms with Crippen molar-refractivity contribution in [2.75, 3.05) is 13.2 Å². The maximum atomic E-state index is 10.9. The fourth-order valence-electron chi connectivity index (χ4n) is 1.71. The van der Waals surface area contributed by atoms with Crippen molar-refractivity contribution in [3.63, 3.8) is 0 Å². The van der Waals surface area contributed by atoms with Crippen molar-refractivity contribution >= 4 is 21.9 Å². The second-order valence-electron chi connectivity index (χ2n) is 3.74. The van der Waals surface area contributed by atoms with Gasteiger partial charge in [0.1, 0.15) is 19.3 Å². The number of fused-ring (bicyclic) bond motifs is 1. The zero-order valence-electron chi connectivity index (χ0n) is 9.20. The molecule has 2 rings (SSSR count). The van der Waals surface area contributed by atoms with Crippen LogP contribution < -0.4 is 15.2 Å². The van der Waals surface area contributed by atoms with Gasteiger partial charge in [0.25, 0.3) is 0 Å². The third-order valence-electron chi connectivity index (χ3n) is 2.66. The topological polar surface area (TPSA) is 81.8 Å². The molecule has 0 saturated carbocycles. The second kappa shape index (κ2) is 4.54. The van der Waals surface area contributed by atoms with Gasteiger partial charge < -0.3 is 20.3 Å². The molecule has 1 aromatic carbocycles. The maximum absolute atomic E-state index is 10.9. The summed E-state index contributed by atoms with van der Waals surface area (Å²) in [5.74, 6) is 0.0622. The summed E-state index contributed by atoms with van der Waals surface area (Å²) in [5.41, 5.74) is 6.90. The van der Waals surface area contributed by atoms with Crippen LogP contribution in [0.15, 0.2) is 10.5 Å². The van der Waals surface area contributed by atoms with Gasteiger partial charge in [-0.2, -0.15) is 0 Å². The highest BCUT2D eigenvalue weighted by atomic mass is 79.9. The van der Waals surface area contributed by atoms with Crippen LogP contribution in [0.2, 0.25) is 0 Å². The highest BCUT2D eigenvalue weighted by Crippen LogP contribution is 2.42. The lowest BCUT2D eigenvalue weighted by molar-refractivity contribution is -0.138. The summed E-state index contributed by atoms with van der Waals surface area (Å²) in [6.45, 7) is 2.72. The summed E-state index contributed by atoms with van der Waals surface area (Å²) in [4.78, 5) is 10.9. The van der Waals surface area contributed by atoms with E-state index in [2.05, 4.69) is 15.9 Å². The molecule has 92 valence electrons. The molecule has 0 saturated heterocycles. The minimum Gasteiger partial charge on any atom is -0.486 e. The van der Waals surface area contributed by atoms with Gasteiger partial charge in [0.05, 0.1) is 4.47 Å². The number of hydrogen-bond donors (Lipinski definition) is 2. The van der Waals surface area contributed by atoms with E-state index in [-0.39, 0.29) is 0 Å². The molecule has 5 nitrogen and oxygen atoms in total. The van der Waals surface area contributed by atoms with Crippen LogP contribution >= 0.6 is 15.9 Å². The molecule has 6 heteroatoms. The van der Waals surface area contributed by atoms with Crippen LogP contribution in [0.1, 0.15) is 17.2 Å². The maximum Gasteiger partial charge on any atom is 0.325 e. The second-order valence-corrected chi connectivity index (χ2v) is 4.54. The van der Waals surface area contributed by atoms with Crippen molar-refractivity contribution in [2.24, 2.45) is 5.73 Å². The van der Waals surface area contributed by atoms with Gasteiger partial charge in [-0.05, 0) is 40.0 Å². The quantitative estimate of drug-likeness (QED) is 0.867. The number of halogens is 1. The summed E-state index contributed by atoms with van der Waals surface area (Å²) in [6.07, 6.45) is 0. The summed E-state index contributed by atoms with van der Waals surface area (Å²) in [7, 11) is 0. The fourth-order valence-corrected chi connectivity index (χ4v) is 2.25. The molecule has 1 unspecified atom stereocenters. The molecule has 3 N–H and O–H groups in total. The van der Waals surface area contributed by atoms with Crippen LogP contribution in [0.3, 0.4) is 0 Å². The van der Waals surface area contributed by atoms with Crippen LogP contribution in [0.25, 0.3) is 0 Å². The number of rotatable bonds is 2. The summed E-state index contributed by atoms with van der Waals surface area (Å²) < 4.78 is 11.6. The van der Waals surface area contributed by atoms with Gasteiger partial charge in [-0.1, -0.05) is 0 Å². The molecule has 0 radical (unpaired) electrons. The summed E-state index contributed by atoms with van der Waals surface area (Å²) in [5, 5.41) is 8.94. The Morgan fingerprint density at radius 2 is 2.18 bits per heavy atom. The third kappa shape index (κ3) is 2.10. The lowest BCUT2D eigenvalue weighted by atomic mass is 10.0. The molecule has 1 aliphatic rings. The predicted octanol–water partition coefficient (Wildman–Crippen LogP) is 1.61. The summed E-state index contributed by atoms with van der Waals surface area (Å²) >= 11 is 3.38. The standard InChI is InChI=1S/C11H12BrNO4/c1-5-6(9(13)11(14)15)4-7-10(8(5)12)17-3-2-16-7/h4,9H,2-3,13H2,1H3,(H,14,15). The Balaban J connectivity index is 2.55. The Labute approximate surface area is 107 Å². The van der Waals surface area contributed by atoms with E-state index in [1.54, 1.807) is 13.0 Å². The summed E-state index contributed by atoms with van der Waals surface area (Å²) in [6, 6.07) is 0.565. The van der Waals surface area contributed by atoms with Crippen LogP contribution in [-0.4, -0.2) is 24.3 Å². The monoisotopic (exact) mass is 301 g/mol. The molecule has 0 amide bonds. The highest BCUT2D eigenvalue weighted by molar-refractivity contribution is 9.10. The first-order chi connectivity index (χ1) is 8.02. The zero-order valence-corrected chi connectivity index (χ0v) is 10.8.